The van der Waals surface area contributed by atoms with Gasteiger partial charge in [-0.25, -0.2) is 0 Å². The molecule has 0 aliphatic rings. The Balaban J connectivity index is 2.77. The smallest absolute Gasteiger partial charge is 0.115 e. The van der Waals surface area contributed by atoms with Gasteiger partial charge in [-0.2, -0.15) is 0 Å². The average Bonchev–Trinajstić information content (AvgIpc) is 2.54. The van der Waals surface area contributed by atoms with Crippen LogP contribution in [0.1, 0.15) is 45.6 Å². The van der Waals surface area contributed by atoms with Crippen LogP contribution in [-0.2, 0) is 0 Å². The Morgan fingerprint density at radius 1 is 1.09 bits per heavy atom. The van der Waals surface area contributed by atoms with Gasteiger partial charge in [0, 0.05) is 5.41 Å². The Morgan fingerprint density at radius 2 is 1.68 bits per heavy atom. The lowest BCUT2D eigenvalue weighted by Gasteiger charge is -2.23. The SMILES string of the molecule is C=C[C@@](C)(/C=C/c1ccc(O)cc1)C/C=C/C(O)(CC)CC. The summed E-state index contributed by atoms with van der Waals surface area (Å²) in [4.78, 5) is 0. The van der Waals surface area contributed by atoms with E-state index in [2.05, 4.69) is 19.6 Å². The zero-order valence-corrected chi connectivity index (χ0v) is 13.9. The van der Waals surface area contributed by atoms with Crippen molar-refractivity contribution >= 4 is 6.08 Å². The lowest BCUT2D eigenvalue weighted by molar-refractivity contribution is 0.0824. The van der Waals surface area contributed by atoms with E-state index < -0.39 is 5.60 Å². The third kappa shape index (κ3) is 5.53. The number of hydrogen-bond donors (Lipinski definition) is 2. The van der Waals surface area contributed by atoms with Crippen LogP contribution in [-0.4, -0.2) is 15.8 Å². The van der Waals surface area contributed by atoms with Crippen LogP contribution in [0.2, 0.25) is 0 Å². The van der Waals surface area contributed by atoms with Gasteiger partial charge in [-0.05, 0) is 37.0 Å². The van der Waals surface area contributed by atoms with E-state index in [-0.39, 0.29) is 11.2 Å². The molecule has 2 nitrogen and oxygen atoms in total. The molecule has 1 atom stereocenters. The monoisotopic (exact) mass is 300 g/mol. The Hall–Kier alpha value is -1.80. The van der Waals surface area contributed by atoms with Crippen LogP contribution in [0.15, 0.2) is 55.1 Å². The maximum atomic E-state index is 10.3. The Kier molecular flexibility index (Phi) is 6.63. The molecule has 0 bridgehead atoms. The second-order valence-corrected chi connectivity index (χ2v) is 6.05. The van der Waals surface area contributed by atoms with Crippen molar-refractivity contribution in [1.29, 1.82) is 0 Å². The first-order valence-corrected chi connectivity index (χ1v) is 7.88. The number of allylic oxidation sites excluding steroid dienone is 3. The van der Waals surface area contributed by atoms with Crippen LogP contribution in [0.4, 0.5) is 0 Å². The van der Waals surface area contributed by atoms with Crippen molar-refractivity contribution in [2.45, 2.75) is 45.6 Å². The summed E-state index contributed by atoms with van der Waals surface area (Å²) in [6.07, 6.45) is 12.2. The topological polar surface area (TPSA) is 40.5 Å². The van der Waals surface area contributed by atoms with Crippen LogP contribution >= 0.6 is 0 Å². The second-order valence-electron chi connectivity index (χ2n) is 6.05. The highest BCUT2D eigenvalue weighted by molar-refractivity contribution is 5.51. The van der Waals surface area contributed by atoms with Crippen molar-refractivity contribution < 1.29 is 10.2 Å². The molecule has 0 spiro atoms. The quantitative estimate of drug-likeness (QED) is 0.656. The maximum absolute atomic E-state index is 10.3. The van der Waals surface area contributed by atoms with E-state index in [1.165, 1.54) is 0 Å². The van der Waals surface area contributed by atoms with E-state index in [1.54, 1.807) is 12.1 Å². The van der Waals surface area contributed by atoms with Gasteiger partial charge in [-0.15, -0.1) is 6.58 Å². The van der Waals surface area contributed by atoms with E-state index in [0.717, 1.165) is 12.0 Å². The summed E-state index contributed by atoms with van der Waals surface area (Å²) in [5.41, 5.74) is 0.160. The first kappa shape index (κ1) is 18.2. The summed E-state index contributed by atoms with van der Waals surface area (Å²) in [7, 11) is 0. The van der Waals surface area contributed by atoms with E-state index in [9.17, 15) is 10.2 Å². The minimum atomic E-state index is -0.706. The molecule has 0 saturated carbocycles. The van der Waals surface area contributed by atoms with Gasteiger partial charge >= 0.3 is 0 Å². The largest absolute Gasteiger partial charge is 0.508 e. The van der Waals surface area contributed by atoms with Gasteiger partial charge in [0.2, 0.25) is 0 Å². The Labute approximate surface area is 134 Å². The van der Waals surface area contributed by atoms with Crippen LogP contribution in [0.3, 0.4) is 0 Å². The minimum Gasteiger partial charge on any atom is -0.508 e. The molecule has 0 saturated heterocycles. The van der Waals surface area contributed by atoms with Crippen molar-refractivity contribution in [2.24, 2.45) is 5.41 Å². The highest BCUT2D eigenvalue weighted by atomic mass is 16.3. The molecule has 1 aromatic rings. The summed E-state index contributed by atoms with van der Waals surface area (Å²) in [5.74, 6) is 0.269. The number of aromatic hydroxyl groups is 1. The number of benzene rings is 1. The van der Waals surface area contributed by atoms with Gasteiger partial charge in [0.15, 0.2) is 0 Å². The van der Waals surface area contributed by atoms with Crippen LogP contribution in [0.25, 0.3) is 6.08 Å². The number of hydrogen-bond acceptors (Lipinski definition) is 2. The molecule has 1 rings (SSSR count). The molecular weight excluding hydrogens is 272 g/mol. The Morgan fingerprint density at radius 3 is 2.18 bits per heavy atom. The maximum Gasteiger partial charge on any atom is 0.115 e. The van der Waals surface area contributed by atoms with Gasteiger partial charge in [0.05, 0.1) is 5.60 Å². The summed E-state index contributed by atoms with van der Waals surface area (Å²) in [5, 5.41) is 19.6. The fourth-order valence-corrected chi connectivity index (χ4v) is 2.11. The molecule has 2 heteroatoms. The van der Waals surface area contributed by atoms with Crippen molar-refractivity contribution in [3.8, 4) is 5.75 Å². The van der Waals surface area contributed by atoms with E-state index in [1.807, 2.05) is 50.3 Å². The fraction of sp³-hybridized carbons (Fsp3) is 0.400. The molecule has 0 aliphatic heterocycles. The molecule has 120 valence electrons. The molecule has 0 heterocycles. The highest BCUT2D eigenvalue weighted by Gasteiger charge is 2.19. The van der Waals surface area contributed by atoms with Crippen molar-refractivity contribution in [3.63, 3.8) is 0 Å². The molecule has 0 radical (unpaired) electrons. The van der Waals surface area contributed by atoms with E-state index in [0.29, 0.717) is 12.8 Å². The first-order chi connectivity index (χ1) is 10.4. The molecule has 0 aromatic heterocycles. The standard InChI is InChI=1S/C20H28O2/c1-5-19(4,14-8-15-20(22,6-2)7-3)16-13-17-9-11-18(21)12-10-17/h5,8-13,15-16,21-22H,1,6-7,14H2,2-4H3/b15-8+,16-13+/t19-/m1/s1. The van der Waals surface area contributed by atoms with E-state index >= 15 is 0 Å². The molecule has 0 fully saturated rings. The lowest BCUT2D eigenvalue weighted by Crippen LogP contribution is -2.23. The number of rotatable bonds is 8. The van der Waals surface area contributed by atoms with Gasteiger partial charge in [-0.3, -0.25) is 0 Å². The highest BCUT2D eigenvalue weighted by Crippen LogP contribution is 2.28. The summed E-state index contributed by atoms with van der Waals surface area (Å²) in [6.45, 7) is 10.0. The lowest BCUT2D eigenvalue weighted by atomic mass is 9.85. The van der Waals surface area contributed by atoms with Crippen molar-refractivity contribution in [1.82, 2.24) is 0 Å². The van der Waals surface area contributed by atoms with Crippen LogP contribution in [0, 0.1) is 5.41 Å². The number of phenolic OH excluding ortho intramolecular Hbond substituents is 1. The fourth-order valence-electron chi connectivity index (χ4n) is 2.11. The zero-order valence-electron chi connectivity index (χ0n) is 13.9. The first-order valence-electron chi connectivity index (χ1n) is 7.88. The average molecular weight is 300 g/mol. The predicted octanol–water partition coefficient (Wildman–Crippen LogP) is 5.10. The summed E-state index contributed by atoms with van der Waals surface area (Å²) in [6, 6.07) is 7.09. The Bertz CT molecular complexity index is 521. The van der Waals surface area contributed by atoms with Gasteiger partial charge in [0.25, 0.3) is 0 Å². The molecule has 0 amide bonds. The van der Waals surface area contributed by atoms with Gasteiger partial charge in [0.1, 0.15) is 5.75 Å². The van der Waals surface area contributed by atoms with Crippen molar-refractivity contribution in [2.75, 3.05) is 0 Å². The number of phenols is 1. The molecule has 2 N–H and O–H groups in total. The number of aliphatic hydroxyl groups is 1. The summed E-state index contributed by atoms with van der Waals surface area (Å²) < 4.78 is 0. The van der Waals surface area contributed by atoms with Crippen LogP contribution in [0.5, 0.6) is 5.75 Å². The zero-order chi connectivity index (χ0) is 16.6. The minimum absolute atomic E-state index is 0.170. The van der Waals surface area contributed by atoms with Gasteiger partial charge in [-0.1, -0.05) is 63.3 Å². The molecule has 0 aliphatic carbocycles. The summed E-state index contributed by atoms with van der Waals surface area (Å²) >= 11 is 0. The third-order valence-electron chi connectivity index (χ3n) is 4.23. The molecule has 0 unspecified atom stereocenters. The van der Waals surface area contributed by atoms with Gasteiger partial charge < -0.3 is 10.2 Å². The van der Waals surface area contributed by atoms with E-state index in [4.69, 9.17) is 0 Å². The molecule has 22 heavy (non-hydrogen) atoms. The van der Waals surface area contributed by atoms with Crippen molar-refractivity contribution in [3.05, 3.63) is 60.7 Å². The predicted molar refractivity (Wildman–Crippen MR) is 94.7 cm³/mol. The normalized spacial score (nSPS) is 15.3. The third-order valence-corrected chi connectivity index (χ3v) is 4.23. The second kappa shape index (κ2) is 8.00. The molecular formula is C20H28O2. The molecule has 1 aromatic carbocycles. The van der Waals surface area contributed by atoms with Crippen LogP contribution < -0.4 is 0 Å².